The highest BCUT2D eigenvalue weighted by molar-refractivity contribution is 5.50. The maximum absolute atomic E-state index is 12.7. The van der Waals surface area contributed by atoms with E-state index in [9.17, 15) is 13.2 Å². The smallest absolute Gasteiger partial charge is 0.369 e. The fourth-order valence-electron chi connectivity index (χ4n) is 2.84. The molecule has 0 saturated carbocycles. The molecule has 1 aliphatic heterocycles. The first-order chi connectivity index (χ1) is 12.0. The van der Waals surface area contributed by atoms with E-state index < -0.39 is 11.9 Å². The van der Waals surface area contributed by atoms with Crippen molar-refractivity contribution < 1.29 is 13.2 Å². The molecule has 130 valence electrons. The predicted octanol–water partition coefficient (Wildman–Crippen LogP) is 3.45. The molecule has 0 aliphatic carbocycles. The highest BCUT2D eigenvalue weighted by Gasteiger charge is 2.33. The Morgan fingerprint density at radius 3 is 2.64 bits per heavy atom. The maximum atomic E-state index is 12.7. The van der Waals surface area contributed by atoms with Crippen LogP contribution >= 0.6 is 0 Å². The molecule has 1 atom stereocenters. The highest BCUT2D eigenvalue weighted by atomic mass is 19.4. The summed E-state index contributed by atoms with van der Waals surface area (Å²) in [5.41, 5.74) is 0.619. The number of nitrogens with zero attached hydrogens (tertiary/aromatic N) is 4. The van der Waals surface area contributed by atoms with Gasteiger partial charge in [0.05, 0.1) is 11.6 Å². The Balaban J connectivity index is 1.68. The number of anilines is 2. The van der Waals surface area contributed by atoms with Gasteiger partial charge < -0.3 is 10.2 Å². The molecule has 1 aliphatic rings. The zero-order valence-electron chi connectivity index (χ0n) is 13.3. The molecule has 2 heterocycles. The van der Waals surface area contributed by atoms with Crippen molar-refractivity contribution in [3.8, 4) is 6.07 Å². The van der Waals surface area contributed by atoms with Crippen molar-refractivity contribution >= 4 is 11.6 Å². The Labute approximate surface area is 143 Å². The molecule has 0 bridgehead atoms. The Bertz CT molecular complexity index is 767. The molecule has 1 saturated heterocycles. The van der Waals surface area contributed by atoms with E-state index in [0.29, 0.717) is 12.1 Å². The van der Waals surface area contributed by atoms with Crippen LogP contribution in [0, 0.1) is 11.3 Å². The van der Waals surface area contributed by atoms with E-state index in [4.69, 9.17) is 5.26 Å². The van der Waals surface area contributed by atoms with E-state index in [0.717, 1.165) is 37.3 Å². The zero-order valence-corrected chi connectivity index (χ0v) is 13.3. The number of halogens is 3. The molecule has 8 heteroatoms. The van der Waals surface area contributed by atoms with Crippen LogP contribution in [-0.2, 0) is 6.18 Å². The summed E-state index contributed by atoms with van der Waals surface area (Å²) in [6.45, 7) is 1.49. The lowest BCUT2D eigenvalue weighted by molar-refractivity contribution is -0.141. The second-order valence-corrected chi connectivity index (χ2v) is 5.85. The van der Waals surface area contributed by atoms with Gasteiger partial charge in [0, 0.05) is 31.0 Å². The first-order valence-electron chi connectivity index (χ1n) is 7.87. The molecule has 0 radical (unpaired) electrons. The third-order valence-electron chi connectivity index (χ3n) is 4.06. The van der Waals surface area contributed by atoms with Crippen LogP contribution in [0.1, 0.15) is 24.1 Å². The lowest BCUT2D eigenvalue weighted by Crippen LogP contribution is -2.42. The van der Waals surface area contributed by atoms with Crippen molar-refractivity contribution in [1.82, 2.24) is 9.97 Å². The molecular formula is C17H16F3N5. The number of piperidine rings is 1. The first-order valence-corrected chi connectivity index (χ1v) is 7.87. The Kier molecular flexibility index (Phi) is 4.74. The molecule has 1 fully saturated rings. The lowest BCUT2D eigenvalue weighted by atomic mass is 10.0. The second-order valence-electron chi connectivity index (χ2n) is 5.85. The molecule has 2 aromatic rings. The summed E-state index contributed by atoms with van der Waals surface area (Å²) in [6.07, 6.45) is -1.65. The number of nitriles is 1. The summed E-state index contributed by atoms with van der Waals surface area (Å²) in [4.78, 5) is 9.58. The van der Waals surface area contributed by atoms with Gasteiger partial charge in [0.1, 0.15) is 5.69 Å². The average molecular weight is 347 g/mol. The van der Waals surface area contributed by atoms with Crippen LogP contribution in [0.5, 0.6) is 0 Å². The molecule has 1 unspecified atom stereocenters. The van der Waals surface area contributed by atoms with Gasteiger partial charge >= 0.3 is 6.18 Å². The summed E-state index contributed by atoms with van der Waals surface area (Å²) in [5.74, 6) is -0.0125. The van der Waals surface area contributed by atoms with E-state index in [1.165, 1.54) is 0 Å². The Hall–Kier alpha value is -2.82. The second kappa shape index (κ2) is 6.97. The largest absolute Gasteiger partial charge is 0.433 e. The van der Waals surface area contributed by atoms with Gasteiger partial charge in [-0.2, -0.15) is 18.4 Å². The highest BCUT2D eigenvalue weighted by Crippen LogP contribution is 2.28. The Morgan fingerprint density at radius 2 is 1.96 bits per heavy atom. The standard InChI is InChI=1S/C17H16F3N5/c18-17(19,20)15-7-8-22-16(24-15)23-13-2-1-9-25(11-13)14-5-3-12(10-21)4-6-14/h3-8,13H,1-2,9,11H2,(H,22,23,24). The van der Waals surface area contributed by atoms with Crippen molar-refractivity contribution in [2.45, 2.75) is 25.1 Å². The van der Waals surface area contributed by atoms with E-state index >= 15 is 0 Å². The third kappa shape index (κ3) is 4.18. The minimum atomic E-state index is -4.49. The van der Waals surface area contributed by atoms with Gasteiger partial charge in [0.15, 0.2) is 0 Å². The van der Waals surface area contributed by atoms with Crippen LogP contribution in [-0.4, -0.2) is 29.1 Å². The van der Waals surface area contributed by atoms with Crippen LogP contribution in [0.25, 0.3) is 0 Å². The number of alkyl halides is 3. The molecule has 0 amide bonds. The van der Waals surface area contributed by atoms with E-state index in [-0.39, 0.29) is 12.0 Å². The first kappa shape index (κ1) is 17.0. The number of rotatable bonds is 3. The molecule has 1 N–H and O–H groups in total. The molecule has 3 rings (SSSR count). The molecule has 25 heavy (non-hydrogen) atoms. The van der Waals surface area contributed by atoms with Crippen LogP contribution in [0.2, 0.25) is 0 Å². The van der Waals surface area contributed by atoms with E-state index in [1.807, 2.05) is 12.1 Å². The van der Waals surface area contributed by atoms with Crippen LogP contribution in [0.4, 0.5) is 24.8 Å². The van der Waals surface area contributed by atoms with Crippen molar-refractivity contribution in [2.24, 2.45) is 0 Å². The van der Waals surface area contributed by atoms with E-state index in [1.54, 1.807) is 12.1 Å². The number of hydrogen-bond donors (Lipinski definition) is 1. The summed E-state index contributed by atoms with van der Waals surface area (Å²) in [5, 5.41) is 11.9. The van der Waals surface area contributed by atoms with Crippen molar-refractivity contribution in [1.29, 1.82) is 5.26 Å². The van der Waals surface area contributed by atoms with Crippen molar-refractivity contribution in [3.05, 3.63) is 47.8 Å². The van der Waals surface area contributed by atoms with Crippen molar-refractivity contribution in [2.75, 3.05) is 23.3 Å². The van der Waals surface area contributed by atoms with Gasteiger partial charge in [-0.1, -0.05) is 0 Å². The lowest BCUT2D eigenvalue weighted by Gasteiger charge is -2.34. The van der Waals surface area contributed by atoms with Gasteiger partial charge in [0.25, 0.3) is 0 Å². The summed E-state index contributed by atoms with van der Waals surface area (Å²) in [7, 11) is 0. The van der Waals surface area contributed by atoms with Gasteiger partial charge in [-0.15, -0.1) is 0 Å². The van der Waals surface area contributed by atoms with Crippen LogP contribution < -0.4 is 10.2 Å². The third-order valence-corrected chi connectivity index (χ3v) is 4.06. The summed E-state index contributed by atoms with van der Waals surface area (Å²) in [6, 6.07) is 10.1. The predicted molar refractivity (Wildman–Crippen MR) is 87.0 cm³/mol. The molecule has 1 aromatic heterocycles. The maximum Gasteiger partial charge on any atom is 0.433 e. The fraction of sp³-hybridized carbons (Fsp3) is 0.353. The number of hydrogen-bond acceptors (Lipinski definition) is 5. The molecular weight excluding hydrogens is 331 g/mol. The van der Waals surface area contributed by atoms with E-state index in [2.05, 4.69) is 26.3 Å². The normalized spacial score (nSPS) is 17.8. The molecule has 0 spiro atoms. The zero-order chi connectivity index (χ0) is 17.9. The quantitative estimate of drug-likeness (QED) is 0.921. The fourth-order valence-corrected chi connectivity index (χ4v) is 2.84. The number of nitrogens with one attached hydrogen (secondary N) is 1. The molecule has 1 aromatic carbocycles. The number of benzene rings is 1. The van der Waals surface area contributed by atoms with Gasteiger partial charge in [0.2, 0.25) is 5.95 Å². The number of aromatic nitrogens is 2. The summed E-state index contributed by atoms with van der Waals surface area (Å²) < 4.78 is 38.2. The average Bonchev–Trinajstić information content (AvgIpc) is 2.61. The molecule has 5 nitrogen and oxygen atoms in total. The van der Waals surface area contributed by atoms with Gasteiger partial charge in [-0.3, -0.25) is 0 Å². The van der Waals surface area contributed by atoms with Gasteiger partial charge in [-0.25, -0.2) is 9.97 Å². The minimum Gasteiger partial charge on any atom is -0.369 e. The van der Waals surface area contributed by atoms with Crippen LogP contribution in [0.3, 0.4) is 0 Å². The van der Waals surface area contributed by atoms with Gasteiger partial charge in [-0.05, 0) is 43.2 Å². The van der Waals surface area contributed by atoms with Crippen molar-refractivity contribution in [3.63, 3.8) is 0 Å². The topological polar surface area (TPSA) is 64.8 Å². The monoisotopic (exact) mass is 347 g/mol. The Morgan fingerprint density at radius 1 is 1.20 bits per heavy atom. The SMILES string of the molecule is N#Cc1ccc(N2CCCC(Nc3nccc(C(F)(F)F)n3)C2)cc1. The minimum absolute atomic E-state index is 0.0125. The van der Waals surface area contributed by atoms with Crippen LogP contribution in [0.15, 0.2) is 36.5 Å². The summed E-state index contributed by atoms with van der Waals surface area (Å²) >= 11 is 0.